The van der Waals surface area contributed by atoms with Gasteiger partial charge in [-0.2, -0.15) is 5.26 Å². The van der Waals surface area contributed by atoms with Crippen LogP contribution in [-0.4, -0.2) is 30.2 Å². The minimum absolute atomic E-state index is 0.0100. The first-order chi connectivity index (χ1) is 14.3. The summed E-state index contributed by atoms with van der Waals surface area (Å²) in [6.07, 6.45) is 2.28. The average Bonchev–Trinajstić information content (AvgIpc) is 2.73. The highest BCUT2D eigenvalue weighted by Crippen LogP contribution is 2.35. The van der Waals surface area contributed by atoms with Gasteiger partial charge in [0.05, 0.1) is 22.3 Å². The highest BCUT2D eigenvalue weighted by atomic mass is 127. The number of nitriles is 1. The largest absolute Gasteiger partial charge is 0.493 e. The lowest BCUT2D eigenvalue weighted by atomic mass is 10.1. The highest BCUT2D eigenvalue weighted by Gasteiger charge is 2.16. The van der Waals surface area contributed by atoms with Gasteiger partial charge in [0, 0.05) is 5.69 Å². The van der Waals surface area contributed by atoms with Crippen molar-refractivity contribution in [3.8, 4) is 17.6 Å². The van der Waals surface area contributed by atoms with Crippen molar-refractivity contribution < 1.29 is 24.2 Å². The van der Waals surface area contributed by atoms with Gasteiger partial charge in [-0.05, 0) is 77.9 Å². The molecular formula is C22H21IN2O5. The van der Waals surface area contributed by atoms with Crippen molar-refractivity contribution in [2.24, 2.45) is 0 Å². The number of carbonyl (C=O) groups excluding carboxylic acids is 1. The first-order valence-corrected chi connectivity index (χ1v) is 10.2. The van der Waals surface area contributed by atoms with Gasteiger partial charge in [0.2, 0.25) is 0 Å². The Morgan fingerprint density at radius 2 is 2.07 bits per heavy atom. The number of nitrogens with zero attached hydrogens (tertiary/aromatic N) is 1. The maximum absolute atomic E-state index is 12.5. The number of aromatic carboxylic acids is 1. The monoisotopic (exact) mass is 520 g/mol. The van der Waals surface area contributed by atoms with Gasteiger partial charge in [0.25, 0.3) is 5.91 Å². The molecule has 0 aliphatic rings. The third kappa shape index (κ3) is 5.97. The summed E-state index contributed by atoms with van der Waals surface area (Å²) in [4.78, 5) is 23.6. The van der Waals surface area contributed by atoms with Gasteiger partial charge in [-0.25, -0.2) is 4.79 Å². The molecule has 0 aromatic heterocycles. The first-order valence-electron chi connectivity index (χ1n) is 9.09. The van der Waals surface area contributed by atoms with Crippen LogP contribution in [0.3, 0.4) is 0 Å². The molecule has 0 spiro atoms. The van der Waals surface area contributed by atoms with E-state index >= 15 is 0 Å². The Labute approximate surface area is 188 Å². The van der Waals surface area contributed by atoms with Crippen LogP contribution in [0.25, 0.3) is 6.08 Å². The molecule has 0 aliphatic carbocycles. The highest BCUT2D eigenvalue weighted by molar-refractivity contribution is 14.1. The van der Waals surface area contributed by atoms with Gasteiger partial charge in [0.15, 0.2) is 11.5 Å². The number of benzene rings is 2. The topological polar surface area (TPSA) is 109 Å². The molecule has 30 heavy (non-hydrogen) atoms. The average molecular weight is 520 g/mol. The molecule has 2 aromatic rings. The number of methoxy groups -OCH3 is 1. The second kappa shape index (κ2) is 10.6. The number of ether oxygens (including phenoxy) is 2. The second-order valence-corrected chi connectivity index (χ2v) is 7.54. The van der Waals surface area contributed by atoms with Crippen molar-refractivity contribution >= 4 is 46.2 Å². The van der Waals surface area contributed by atoms with Crippen molar-refractivity contribution in [2.75, 3.05) is 12.4 Å². The van der Waals surface area contributed by atoms with E-state index in [4.69, 9.17) is 14.6 Å². The van der Waals surface area contributed by atoms with Gasteiger partial charge < -0.3 is 19.9 Å². The summed E-state index contributed by atoms with van der Waals surface area (Å²) in [6.45, 7) is 3.98. The molecule has 0 fully saturated rings. The molecular weight excluding hydrogens is 499 g/mol. The summed E-state index contributed by atoms with van der Waals surface area (Å²) >= 11 is 2.12. The molecule has 0 bridgehead atoms. The molecule has 0 saturated heterocycles. The Balaban J connectivity index is 2.32. The minimum atomic E-state index is -1.11. The van der Waals surface area contributed by atoms with Gasteiger partial charge in [-0.1, -0.05) is 13.0 Å². The summed E-state index contributed by atoms with van der Waals surface area (Å²) in [5.74, 6) is -0.643. The molecule has 2 rings (SSSR count). The van der Waals surface area contributed by atoms with Gasteiger partial charge in [0.1, 0.15) is 11.6 Å². The van der Waals surface area contributed by atoms with Crippen LogP contribution in [0.5, 0.6) is 11.5 Å². The molecule has 0 radical (unpaired) electrons. The number of amides is 1. The minimum Gasteiger partial charge on any atom is -0.493 e. The maximum Gasteiger partial charge on any atom is 0.335 e. The van der Waals surface area contributed by atoms with E-state index in [1.54, 1.807) is 18.2 Å². The smallest absolute Gasteiger partial charge is 0.335 e. The van der Waals surface area contributed by atoms with E-state index in [0.29, 0.717) is 17.1 Å². The second-order valence-electron chi connectivity index (χ2n) is 6.38. The third-order valence-corrected chi connectivity index (χ3v) is 4.99. The van der Waals surface area contributed by atoms with Crippen molar-refractivity contribution in [1.29, 1.82) is 5.26 Å². The van der Waals surface area contributed by atoms with Crippen LogP contribution in [0.1, 0.15) is 36.2 Å². The van der Waals surface area contributed by atoms with Gasteiger partial charge >= 0.3 is 5.97 Å². The van der Waals surface area contributed by atoms with Crippen LogP contribution in [0, 0.1) is 14.9 Å². The zero-order valence-electron chi connectivity index (χ0n) is 16.7. The standard InChI is InChI=1S/C22H21IN2O5/c1-4-13(2)30-20-18(23)9-14(10-19(20)29-3)8-16(12-24)21(26)25-17-7-5-6-15(11-17)22(27)28/h5-11,13H,4H2,1-3H3,(H,25,26)(H,27,28)/b16-8-/t13-/m0/s1. The molecule has 0 heterocycles. The summed E-state index contributed by atoms with van der Waals surface area (Å²) in [7, 11) is 1.52. The van der Waals surface area contributed by atoms with Crippen LogP contribution >= 0.6 is 22.6 Å². The predicted octanol–water partition coefficient (Wildman–Crippen LogP) is 4.72. The number of carboxylic acids is 1. The van der Waals surface area contributed by atoms with E-state index < -0.39 is 11.9 Å². The lowest BCUT2D eigenvalue weighted by Gasteiger charge is -2.17. The van der Waals surface area contributed by atoms with Gasteiger partial charge in [-0.3, -0.25) is 4.79 Å². The normalized spacial score (nSPS) is 11.9. The number of rotatable bonds is 8. The van der Waals surface area contributed by atoms with Gasteiger partial charge in [-0.15, -0.1) is 0 Å². The first kappa shape index (κ1) is 23.2. The molecule has 0 saturated carbocycles. The lowest BCUT2D eigenvalue weighted by Crippen LogP contribution is -2.14. The molecule has 2 aromatic carbocycles. The summed E-state index contributed by atoms with van der Waals surface area (Å²) in [6, 6.07) is 11.2. The molecule has 1 atom stereocenters. The summed E-state index contributed by atoms with van der Waals surface area (Å²) in [5.41, 5.74) is 0.778. The van der Waals surface area contributed by atoms with E-state index in [1.165, 1.54) is 31.4 Å². The Morgan fingerprint density at radius 3 is 2.67 bits per heavy atom. The van der Waals surface area contributed by atoms with E-state index in [1.807, 2.05) is 19.9 Å². The Bertz CT molecular complexity index is 1030. The summed E-state index contributed by atoms with van der Waals surface area (Å²) < 4.78 is 12.1. The van der Waals surface area contributed by atoms with Crippen molar-refractivity contribution in [2.45, 2.75) is 26.4 Å². The zero-order valence-corrected chi connectivity index (χ0v) is 18.9. The zero-order chi connectivity index (χ0) is 22.3. The molecule has 0 unspecified atom stereocenters. The van der Waals surface area contributed by atoms with Crippen LogP contribution in [-0.2, 0) is 4.79 Å². The van der Waals surface area contributed by atoms with Crippen molar-refractivity contribution in [3.05, 3.63) is 56.7 Å². The van der Waals surface area contributed by atoms with E-state index in [2.05, 4.69) is 27.9 Å². The quantitative estimate of drug-likeness (QED) is 0.296. The predicted molar refractivity (Wildman–Crippen MR) is 122 cm³/mol. The Morgan fingerprint density at radius 1 is 1.33 bits per heavy atom. The molecule has 8 heteroatoms. The maximum atomic E-state index is 12.5. The Kier molecular flexibility index (Phi) is 8.24. The number of carbonyl (C=O) groups is 2. The number of hydrogen-bond acceptors (Lipinski definition) is 5. The number of carboxylic acid groups (broad SMARTS) is 1. The SMILES string of the molecule is CC[C@H](C)Oc1c(I)cc(/C=C(/C#N)C(=O)Nc2cccc(C(=O)O)c2)cc1OC. The number of nitrogens with one attached hydrogen (secondary N) is 1. The van der Waals surface area contributed by atoms with Crippen LogP contribution in [0.4, 0.5) is 5.69 Å². The van der Waals surface area contributed by atoms with Crippen molar-refractivity contribution in [3.63, 3.8) is 0 Å². The third-order valence-electron chi connectivity index (χ3n) is 4.19. The fourth-order valence-electron chi connectivity index (χ4n) is 2.47. The molecule has 1 amide bonds. The van der Waals surface area contributed by atoms with Crippen LogP contribution < -0.4 is 14.8 Å². The van der Waals surface area contributed by atoms with Crippen LogP contribution in [0.15, 0.2) is 42.0 Å². The number of hydrogen-bond donors (Lipinski definition) is 2. The fourth-order valence-corrected chi connectivity index (χ4v) is 3.22. The molecule has 7 nitrogen and oxygen atoms in total. The van der Waals surface area contributed by atoms with E-state index in [9.17, 15) is 14.9 Å². The summed E-state index contributed by atoms with van der Waals surface area (Å²) in [5, 5.41) is 21.1. The molecule has 0 aliphatic heterocycles. The van der Waals surface area contributed by atoms with E-state index in [-0.39, 0.29) is 22.9 Å². The van der Waals surface area contributed by atoms with E-state index in [0.717, 1.165) is 9.99 Å². The lowest BCUT2D eigenvalue weighted by molar-refractivity contribution is -0.112. The number of halogens is 1. The Hall–Kier alpha value is -3.06. The fraction of sp³-hybridized carbons (Fsp3) is 0.227. The number of anilines is 1. The molecule has 2 N–H and O–H groups in total. The van der Waals surface area contributed by atoms with Crippen molar-refractivity contribution in [1.82, 2.24) is 0 Å². The molecule has 156 valence electrons. The van der Waals surface area contributed by atoms with Crippen LogP contribution in [0.2, 0.25) is 0 Å².